The molecule has 0 aromatic heterocycles. The van der Waals surface area contributed by atoms with Crippen molar-refractivity contribution in [3.05, 3.63) is 17.2 Å². The molecular weight excluding hydrogens is 182 g/mol. The summed E-state index contributed by atoms with van der Waals surface area (Å²) in [5.74, 6) is 1.06. The number of aliphatic hydroxyl groups is 1. The average molecular weight is 197 g/mol. The molecule has 0 fully saturated rings. The molecule has 0 atom stereocenters. The molecular formula is C10H15NO3. The maximum atomic E-state index is 9.07. The molecule has 4 heteroatoms. The van der Waals surface area contributed by atoms with Gasteiger partial charge in [0.25, 0.3) is 0 Å². The van der Waals surface area contributed by atoms with Crippen molar-refractivity contribution in [3.8, 4) is 11.5 Å². The first-order valence-corrected chi connectivity index (χ1v) is 4.26. The molecule has 0 heterocycles. The van der Waals surface area contributed by atoms with E-state index < -0.39 is 0 Å². The molecule has 0 aliphatic carbocycles. The summed E-state index contributed by atoms with van der Waals surface area (Å²) in [6, 6.07) is 1.73. The number of rotatable bonds is 3. The first kappa shape index (κ1) is 10.7. The quantitative estimate of drug-likeness (QED) is 0.712. The van der Waals surface area contributed by atoms with Crippen molar-refractivity contribution in [3.63, 3.8) is 0 Å². The van der Waals surface area contributed by atoms with Gasteiger partial charge in [-0.2, -0.15) is 0 Å². The maximum absolute atomic E-state index is 9.07. The standard InChI is InChI=1S/C10H15NO3/c1-6-7(5-12)4-8(13-2)10(14-3)9(6)11/h4,12H,5,11H2,1-3H3. The number of nitrogen functional groups attached to an aromatic ring is 1. The van der Waals surface area contributed by atoms with Crippen molar-refractivity contribution in [2.45, 2.75) is 13.5 Å². The summed E-state index contributed by atoms with van der Waals surface area (Å²) in [5, 5.41) is 9.07. The lowest BCUT2D eigenvalue weighted by atomic mass is 10.1. The van der Waals surface area contributed by atoms with Crippen LogP contribution in [0.5, 0.6) is 11.5 Å². The topological polar surface area (TPSA) is 64.7 Å². The van der Waals surface area contributed by atoms with E-state index >= 15 is 0 Å². The third kappa shape index (κ3) is 1.61. The fourth-order valence-corrected chi connectivity index (χ4v) is 1.33. The Morgan fingerprint density at radius 3 is 2.43 bits per heavy atom. The van der Waals surface area contributed by atoms with E-state index in [-0.39, 0.29) is 6.61 Å². The van der Waals surface area contributed by atoms with Gasteiger partial charge < -0.3 is 20.3 Å². The Morgan fingerprint density at radius 2 is 2.00 bits per heavy atom. The van der Waals surface area contributed by atoms with Gasteiger partial charge in [-0.05, 0) is 24.1 Å². The highest BCUT2D eigenvalue weighted by Gasteiger charge is 2.13. The zero-order valence-electron chi connectivity index (χ0n) is 8.63. The monoisotopic (exact) mass is 197 g/mol. The van der Waals surface area contributed by atoms with Gasteiger partial charge in [0.15, 0.2) is 11.5 Å². The highest BCUT2D eigenvalue weighted by Crippen LogP contribution is 2.37. The number of benzene rings is 1. The molecule has 0 aliphatic rings. The van der Waals surface area contributed by atoms with Gasteiger partial charge in [0, 0.05) is 0 Å². The Bertz CT molecular complexity index is 337. The molecule has 1 rings (SSSR count). The van der Waals surface area contributed by atoms with Crippen LogP contribution in [0.3, 0.4) is 0 Å². The Hall–Kier alpha value is -1.42. The largest absolute Gasteiger partial charge is 0.493 e. The number of ether oxygens (including phenoxy) is 2. The minimum atomic E-state index is -0.0591. The molecule has 3 N–H and O–H groups in total. The number of methoxy groups -OCH3 is 2. The van der Waals surface area contributed by atoms with Gasteiger partial charge in [-0.3, -0.25) is 0 Å². The lowest BCUT2D eigenvalue weighted by Crippen LogP contribution is -2.02. The molecule has 0 saturated carbocycles. The van der Waals surface area contributed by atoms with E-state index in [4.69, 9.17) is 20.3 Å². The lowest BCUT2D eigenvalue weighted by Gasteiger charge is -2.14. The Labute approximate surface area is 83.3 Å². The van der Waals surface area contributed by atoms with Crippen LogP contribution in [0.4, 0.5) is 5.69 Å². The molecule has 0 saturated heterocycles. The van der Waals surface area contributed by atoms with Crippen LogP contribution in [0, 0.1) is 6.92 Å². The fourth-order valence-electron chi connectivity index (χ4n) is 1.33. The second-order valence-electron chi connectivity index (χ2n) is 2.97. The summed E-state index contributed by atoms with van der Waals surface area (Å²) < 4.78 is 10.2. The van der Waals surface area contributed by atoms with Crippen LogP contribution in [0.1, 0.15) is 11.1 Å². The first-order valence-electron chi connectivity index (χ1n) is 4.26. The highest BCUT2D eigenvalue weighted by atomic mass is 16.5. The normalized spacial score (nSPS) is 10.0. The molecule has 0 amide bonds. The van der Waals surface area contributed by atoms with Crippen molar-refractivity contribution < 1.29 is 14.6 Å². The molecule has 1 aromatic carbocycles. The van der Waals surface area contributed by atoms with E-state index in [0.29, 0.717) is 17.2 Å². The van der Waals surface area contributed by atoms with E-state index in [2.05, 4.69) is 0 Å². The summed E-state index contributed by atoms with van der Waals surface area (Å²) >= 11 is 0. The second kappa shape index (κ2) is 4.19. The van der Waals surface area contributed by atoms with E-state index in [1.807, 2.05) is 6.92 Å². The van der Waals surface area contributed by atoms with Crippen molar-refractivity contribution in [1.29, 1.82) is 0 Å². The number of hydrogen-bond acceptors (Lipinski definition) is 4. The van der Waals surface area contributed by atoms with Crippen LogP contribution in [-0.4, -0.2) is 19.3 Å². The van der Waals surface area contributed by atoms with Crippen molar-refractivity contribution in [2.24, 2.45) is 0 Å². The van der Waals surface area contributed by atoms with Gasteiger partial charge in [0.2, 0.25) is 0 Å². The van der Waals surface area contributed by atoms with Gasteiger partial charge in [0.05, 0.1) is 26.5 Å². The molecule has 4 nitrogen and oxygen atoms in total. The number of hydrogen-bond donors (Lipinski definition) is 2. The van der Waals surface area contributed by atoms with E-state index in [0.717, 1.165) is 11.1 Å². The van der Waals surface area contributed by atoms with Gasteiger partial charge in [0.1, 0.15) is 0 Å². The predicted molar refractivity (Wildman–Crippen MR) is 54.6 cm³/mol. The molecule has 0 bridgehead atoms. The van der Waals surface area contributed by atoms with Gasteiger partial charge in [-0.1, -0.05) is 0 Å². The third-order valence-electron chi connectivity index (χ3n) is 2.25. The van der Waals surface area contributed by atoms with Crippen LogP contribution in [0.25, 0.3) is 0 Å². The predicted octanol–water partition coefficient (Wildman–Crippen LogP) is 1.09. The summed E-state index contributed by atoms with van der Waals surface area (Å²) in [4.78, 5) is 0. The smallest absolute Gasteiger partial charge is 0.184 e. The summed E-state index contributed by atoms with van der Waals surface area (Å²) in [6.07, 6.45) is 0. The summed E-state index contributed by atoms with van der Waals surface area (Å²) in [6.45, 7) is 1.78. The van der Waals surface area contributed by atoms with Crippen LogP contribution in [0.15, 0.2) is 6.07 Å². The Balaban J connectivity index is 3.38. The third-order valence-corrected chi connectivity index (χ3v) is 2.25. The Morgan fingerprint density at radius 1 is 1.36 bits per heavy atom. The average Bonchev–Trinajstić information content (AvgIpc) is 2.21. The number of anilines is 1. The molecule has 0 spiro atoms. The van der Waals surface area contributed by atoms with Gasteiger partial charge >= 0.3 is 0 Å². The molecule has 0 unspecified atom stereocenters. The van der Waals surface area contributed by atoms with Crippen molar-refractivity contribution >= 4 is 5.69 Å². The van der Waals surface area contributed by atoms with Gasteiger partial charge in [-0.15, -0.1) is 0 Å². The maximum Gasteiger partial charge on any atom is 0.184 e. The SMILES string of the molecule is COc1cc(CO)c(C)c(N)c1OC. The zero-order chi connectivity index (χ0) is 10.7. The first-order chi connectivity index (χ1) is 6.65. The Kier molecular flexibility index (Phi) is 3.19. The number of aliphatic hydroxyl groups excluding tert-OH is 1. The van der Waals surface area contributed by atoms with Crippen molar-refractivity contribution in [2.75, 3.05) is 20.0 Å². The van der Waals surface area contributed by atoms with Crippen LogP contribution in [0.2, 0.25) is 0 Å². The molecule has 0 radical (unpaired) electrons. The molecule has 78 valence electrons. The fraction of sp³-hybridized carbons (Fsp3) is 0.400. The van der Waals surface area contributed by atoms with Crippen LogP contribution in [-0.2, 0) is 6.61 Å². The summed E-state index contributed by atoms with van der Waals surface area (Å²) in [7, 11) is 3.07. The van der Waals surface area contributed by atoms with E-state index in [1.165, 1.54) is 14.2 Å². The second-order valence-corrected chi connectivity index (χ2v) is 2.97. The summed E-state index contributed by atoms with van der Waals surface area (Å²) in [5.41, 5.74) is 7.91. The number of nitrogens with two attached hydrogens (primary N) is 1. The lowest BCUT2D eigenvalue weighted by molar-refractivity contribution is 0.279. The van der Waals surface area contributed by atoms with Crippen LogP contribution >= 0.6 is 0 Å². The molecule has 14 heavy (non-hydrogen) atoms. The van der Waals surface area contributed by atoms with Crippen LogP contribution < -0.4 is 15.2 Å². The minimum absolute atomic E-state index is 0.0591. The zero-order valence-corrected chi connectivity index (χ0v) is 8.63. The highest BCUT2D eigenvalue weighted by molar-refractivity contribution is 5.67. The minimum Gasteiger partial charge on any atom is -0.493 e. The molecule has 0 aliphatic heterocycles. The van der Waals surface area contributed by atoms with E-state index in [1.54, 1.807) is 6.07 Å². The molecule has 1 aromatic rings. The van der Waals surface area contributed by atoms with Gasteiger partial charge in [-0.25, -0.2) is 0 Å². The van der Waals surface area contributed by atoms with E-state index in [9.17, 15) is 0 Å². The van der Waals surface area contributed by atoms with Crippen molar-refractivity contribution in [1.82, 2.24) is 0 Å².